The molecule has 0 heterocycles. The number of ether oxygens (including phenoxy) is 1. The second-order valence-corrected chi connectivity index (χ2v) is 4.15. The van der Waals surface area contributed by atoms with Gasteiger partial charge in [0.25, 0.3) is 0 Å². The summed E-state index contributed by atoms with van der Waals surface area (Å²) >= 11 is 0. The van der Waals surface area contributed by atoms with E-state index in [2.05, 4.69) is 6.58 Å². The molecule has 0 unspecified atom stereocenters. The van der Waals surface area contributed by atoms with E-state index in [9.17, 15) is 13.0 Å². The van der Waals surface area contributed by atoms with E-state index in [4.69, 9.17) is 4.74 Å². The largest absolute Gasteiger partial charge is 1.00 e. The average Bonchev–Trinajstić information content (AvgIpc) is 1.83. The van der Waals surface area contributed by atoms with Gasteiger partial charge in [0.1, 0.15) is 0 Å². The molecule has 0 saturated carbocycles. The van der Waals surface area contributed by atoms with E-state index in [1.807, 2.05) is 6.92 Å². The number of hydrogen-bond acceptors (Lipinski definition) is 4. The maximum Gasteiger partial charge on any atom is 1.00 e. The van der Waals surface area contributed by atoms with Gasteiger partial charge >= 0.3 is 29.6 Å². The summed E-state index contributed by atoms with van der Waals surface area (Å²) in [4.78, 5) is 0. The fraction of sp³-hybridized carbons (Fsp3) is 0.714. The first-order valence-corrected chi connectivity index (χ1v) is 5.15. The molecule has 0 aliphatic heterocycles. The second kappa shape index (κ2) is 7.96. The van der Waals surface area contributed by atoms with E-state index in [0.717, 1.165) is 5.57 Å². The van der Waals surface area contributed by atoms with Crippen LogP contribution in [0.2, 0.25) is 0 Å². The summed E-state index contributed by atoms with van der Waals surface area (Å²) in [5.74, 6) is -0.358. The number of hydrogen-bond donors (Lipinski definition) is 0. The topological polar surface area (TPSA) is 66.4 Å². The van der Waals surface area contributed by atoms with Crippen LogP contribution in [-0.4, -0.2) is 31.9 Å². The zero-order chi connectivity index (χ0) is 9.61. The Hall–Kier alpha value is 0.610. The third kappa shape index (κ3) is 15.4. The van der Waals surface area contributed by atoms with Crippen molar-refractivity contribution >= 4 is 10.1 Å². The van der Waals surface area contributed by atoms with E-state index >= 15 is 0 Å². The Morgan fingerprint density at radius 2 is 2.08 bits per heavy atom. The standard InChI is InChI=1S/C7H14O4S.Na/c1-7(2)6-11-4-3-5-12(8,9)10;/h1,3-6H2,2H3,(H,8,9,10);/q;+1/p-1. The molecule has 0 amide bonds. The summed E-state index contributed by atoms with van der Waals surface area (Å²) in [6.07, 6.45) is 0.249. The van der Waals surface area contributed by atoms with Gasteiger partial charge in [0.2, 0.25) is 0 Å². The maximum atomic E-state index is 10.1. The normalized spacial score (nSPS) is 10.6. The Morgan fingerprint density at radius 3 is 2.46 bits per heavy atom. The summed E-state index contributed by atoms with van der Waals surface area (Å²) < 4.78 is 35.3. The van der Waals surface area contributed by atoms with Crippen molar-refractivity contribution in [3.63, 3.8) is 0 Å². The van der Waals surface area contributed by atoms with Crippen LogP contribution in [0.25, 0.3) is 0 Å². The Kier molecular flexibility index (Phi) is 9.83. The molecule has 72 valence electrons. The first-order chi connectivity index (χ1) is 5.42. The van der Waals surface area contributed by atoms with Crippen LogP contribution >= 0.6 is 0 Å². The SMILES string of the molecule is C=C(C)COCCCS(=O)(=O)[O-].[Na+]. The molecule has 0 aromatic rings. The van der Waals surface area contributed by atoms with E-state index in [-0.39, 0.29) is 48.3 Å². The molecule has 0 aromatic heterocycles. The van der Waals surface area contributed by atoms with E-state index in [1.165, 1.54) is 0 Å². The van der Waals surface area contributed by atoms with Crippen molar-refractivity contribution in [2.45, 2.75) is 13.3 Å². The van der Waals surface area contributed by atoms with Crippen LogP contribution in [0.4, 0.5) is 0 Å². The molecule has 13 heavy (non-hydrogen) atoms. The van der Waals surface area contributed by atoms with E-state index < -0.39 is 10.1 Å². The van der Waals surface area contributed by atoms with Crippen molar-refractivity contribution in [1.82, 2.24) is 0 Å². The molecule has 0 radical (unpaired) electrons. The predicted molar refractivity (Wildman–Crippen MR) is 44.8 cm³/mol. The zero-order valence-corrected chi connectivity index (χ0v) is 10.9. The first kappa shape index (κ1) is 16.1. The van der Waals surface area contributed by atoms with E-state index in [1.54, 1.807) is 0 Å². The van der Waals surface area contributed by atoms with Gasteiger partial charge in [0, 0.05) is 12.4 Å². The molecule has 0 bridgehead atoms. The van der Waals surface area contributed by atoms with Gasteiger partial charge in [-0.15, -0.1) is 0 Å². The molecule has 0 aliphatic rings. The average molecular weight is 216 g/mol. The second-order valence-electron chi connectivity index (χ2n) is 2.63. The van der Waals surface area contributed by atoms with Crippen LogP contribution in [0, 0.1) is 0 Å². The molecule has 4 nitrogen and oxygen atoms in total. The summed E-state index contributed by atoms with van der Waals surface area (Å²) in [5, 5.41) is 0. The summed E-state index contributed by atoms with van der Waals surface area (Å²) in [6.45, 7) is 6.11. The third-order valence-electron chi connectivity index (χ3n) is 1.03. The first-order valence-electron chi connectivity index (χ1n) is 3.57. The molecule has 0 aromatic carbocycles. The van der Waals surface area contributed by atoms with Crippen LogP contribution < -0.4 is 29.6 Å². The molecule has 0 N–H and O–H groups in total. The smallest absolute Gasteiger partial charge is 0.748 e. The van der Waals surface area contributed by atoms with Crippen molar-refractivity contribution in [1.29, 1.82) is 0 Å². The Balaban J connectivity index is 0. The van der Waals surface area contributed by atoms with Gasteiger partial charge in [-0.2, -0.15) is 0 Å². The molecular formula is C7H13NaO4S. The van der Waals surface area contributed by atoms with Gasteiger partial charge in [0.15, 0.2) is 0 Å². The Morgan fingerprint density at radius 1 is 1.54 bits per heavy atom. The van der Waals surface area contributed by atoms with Crippen LogP contribution in [0.15, 0.2) is 12.2 Å². The maximum absolute atomic E-state index is 10.1. The van der Waals surface area contributed by atoms with Crippen molar-refractivity contribution in [2.24, 2.45) is 0 Å². The summed E-state index contributed by atoms with van der Waals surface area (Å²) in [5.41, 5.74) is 0.875. The molecule has 0 saturated heterocycles. The van der Waals surface area contributed by atoms with Crippen molar-refractivity contribution in [3.05, 3.63) is 12.2 Å². The predicted octanol–water partition coefficient (Wildman–Crippen LogP) is -2.48. The summed E-state index contributed by atoms with van der Waals surface area (Å²) in [7, 11) is -4.08. The monoisotopic (exact) mass is 216 g/mol. The van der Waals surface area contributed by atoms with Crippen LogP contribution in [-0.2, 0) is 14.9 Å². The molecule has 0 atom stereocenters. The number of rotatable bonds is 6. The van der Waals surface area contributed by atoms with Crippen molar-refractivity contribution in [3.8, 4) is 0 Å². The zero-order valence-electron chi connectivity index (χ0n) is 8.08. The van der Waals surface area contributed by atoms with E-state index in [0.29, 0.717) is 6.61 Å². The van der Waals surface area contributed by atoms with Gasteiger partial charge in [-0.1, -0.05) is 12.2 Å². The van der Waals surface area contributed by atoms with Crippen molar-refractivity contribution in [2.75, 3.05) is 19.0 Å². The fourth-order valence-corrected chi connectivity index (χ4v) is 1.06. The molecule has 0 fully saturated rings. The van der Waals surface area contributed by atoms with Gasteiger partial charge < -0.3 is 9.29 Å². The minimum atomic E-state index is -4.08. The van der Waals surface area contributed by atoms with Crippen molar-refractivity contribution < 1.29 is 47.3 Å². The Bertz CT molecular complexity index is 235. The molecule has 0 aliphatic carbocycles. The third-order valence-corrected chi connectivity index (χ3v) is 1.82. The summed E-state index contributed by atoms with van der Waals surface area (Å²) in [6, 6.07) is 0. The fourth-order valence-electron chi connectivity index (χ4n) is 0.584. The van der Waals surface area contributed by atoms with Crippen LogP contribution in [0.5, 0.6) is 0 Å². The van der Waals surface area contributed by atoms with Gasteiger partial charge in [-0.3, -0.25) is 0 Å². The molecule has 0 rings (SSSR count). The van der Waals surface area contributed by atoms with Crippen LogP contribution in [0.1, 0.15) is 13.3 Å². The van der Waals surface area contributed by atoms with Crippen LogP contribution in [0.3, 0.4) is 0 Å². The molecule has 6 heteroatoms. The van der Waals surface area contributed by atoms with Gasteiger partial charge in [-0.05, 0) is 13.3 Å². The quantitative estimate of drug-likeness (QED) is 0.213. The molecule has 0 spiro atoms. The Labute approximate surface area is 101 Å². The minimum Gasteiger partial charge on any atom is -0.748 e. The van der Waals surface area contributed by atoms with Gasteiger partial charge in [0.05, 0.1) is 16.7 Å². The molecular weight excluding hydrogens is 203 g/mol. The van der Waals surface area contributed by atoms with Gasteiger partial charge in [-0.25, -0.2) is 8.42 Å². The minimum absolute atomic E-state index is 0.